The van der Waals surface area contributed by atoms with Gasteiger partial charge in [-0.2, -0.15) is 0 Å². The Balaban J connectivity index is 2.35. The van der Waals surface area contributed by atoms with Crippen molar-refractivity contribution in [3.05, 3.63) is 23.8 Å². The molecule has 0 radical (unpaired) electrons. The largest absolute Gasteiger partial charge is 0.493 e. The maximum Gasteiger partial charge on any atom is 0.229 e. The Kier molecular flexibility index (Phi) is 6.95. The van der Waals surface area contributed by atoms with Gasteiger partial charge in [0.2, 0.25) is 12.0 Å². The number of methoxy groups -OCH3 is 2. The molecule has 5 atom stereocenters. The molecule has 0 spiro atoms. The van der Waals surface area contributed by atoms with Crippen LogP contribution in [0.1, 0.15) is 5.56 Å². The van der Waals surface area contributed by atoms with Crippen molar-refractivity contribution in [1.29, 1.82) is 0 Å². The summed E-state index contributed by atoms with van der Waals surface area (Å²) in [6.45, 7) is -0.575. The van der Waals surface area contributed by atoms with Crippen LogP contribution in [0.5, 0.6) is 17.2 Å². The molecule has 26 heavy (non-hydrogen) atoms. The van der Waals surface area contributed by atoms with Gasteiger partial charge in [-0.1, -0.05) is 6.08 Å². The first-order valence-electron chi connectivity index (χ1n) is 7.81. The minimum absolute atomic E-state index is 0.0857. The lowest BCUT2D eigenvalue weighted by Gasteiger charge is -2.39. The van der Waals surface area contributed by atoms with Gasteiger partial charge in [0.05, 0.1) is 20.8 Å². The van der Waals surface area contributed by atoms with E-state index < -0.39 is 37.3 Å². The summed E-state index contributed by atoms with van der Waals surface area (Å²) in [6, 6.07) is 3.14. The molecule has 1 aliphatic heterocycles. The summed E-state index contributed by atoms with van der Waals surface area (Å²) in [7, 11) is 2.78. The molecule has 1 aromatic rings. The molecule has 4 N–H and O–H groups in total. The fourth-order valence-corrected chi connectivity index (χ4v) is 2.54. The number of carbonyl (C=O) groups excluding carboxylic acids is 1. The second kappa shape index (κ2) is 8.97. The number of ether oxygens (including phenoxy) is 4. The van der Waals surface area contributed by atoms with Crippen molar-refractivity contribution in [2.75, 3.05) is 20.8 Å². The van der Waals surface area contributed by atoms with E-state index in [0.29, 0.717) is 11.8 Å². The molecule has 0 aromatic heterocycles. The maximum absolute atomic E-state index is 10.5. The van der Waals surface area contributed by atoms with Gasteiger partial charge < -0.3 is 39.4 Å². The Morgan fingerprint density at radius 3 is 2.19 bits per heavy atom. The molecule has 1 unspecified atom stereocenters. The lowest BCUT2D eigenvalue weighted by Crippen LogP contribution is -2.60. The van der Waals surface area contributed by atoms with Gasteiger partial charge in [-0.3, -0.25) is 4.79 Å². The van der Waals surface area contributed by atoms with Gasteiger partial charge in [-0.15, -0.1) is 0 Å². The number of hydrogen-bond acceptors (Lipinski definition) is 9. The molecule has 0 saturated carbocycles. The molecule has 1 aromatic carbocycles. The van der Waals surface area contributed by atoms with Crippen molar-refractivity contribution in [2.45, 2.75) is 30.7 Å². The molecule has 1 fully saturated rings. The van der Waals surface area contributed by atoms with Gasteiger partial charge in [0, 0.05) is 0 Å². The van der Waals surface area contributed by atoms with Crippen molar-refractivity contribution in [3.63, 3.8) is 0 Å². The lowest BCUT2D eigenvalue weighted by molar-refractivity contribution is -0.277. The van der Waals surface area contributed by atoms with E-state index in [1.807, 2.05) is 0 Å². The number of hydrogen-bond donors (Lipinski definition) is 4. The SMILES string of the molecule is COc1cc(C=CC=O)cc(OC)c1OC1O[C@@H](CO)[C@H](O)[C@@H](O)[C@@H]1O. The molecule has 0 aliphatic carbocycles. The van der Waals surface area contributed by atoms with Crippen molar-refractivity contribution in [3.8, 4) is 17.2 Å². The van der Waals surface area contributed by atoms with E-state index in [1.165, 1.54) is 26.4 Å². The minimum atomic E-state index is -1.57. The summed E-state index contributed by atoms with van der Waals surface area (Å²) in [5, 5.41) is 39.0. The average Bonchev–Trinajstić information content (AvgIpc) is 2.66. The number of rotatable bonds is 7. The number of aldehydes is 1. The topological polar surface area (TPSA) is 135 Å². The Morgan fingerprint density at radius 2 is 1.69 bits per heavy atom. The molecule has 1 aliphatic rings. The van der Waals surface area contributed by atoms with E-state index in [1.54, 1.807) is 12.1 Å². The molecule has 144 valence electrons. The maximum atomic E-state index is 10.5. The first-order chi connectivity index (χ1) is 12.5. The zero-order valence-corrected chi connectivity index (χ0v) is 14.3. The van der Waals surface area contributed by atoms with Gasteiger partial charge in [-0.25, -0.2) is 0 Å². The fraction of sp³-hybridized carbons (Fsp3) is 0.471. The van der Waals surface area contributed by atoms with Crippen molar-refractivity contribution in [1.82, 2.24) is 0 Å². The number of carbonyl (C=O) groups is 1. The Labute approximate surface area is 150 Å². The molecule has 2 rings (SSSR count). The molecule has 9 heteroatoms. The van der Waals surface area contributed by atoms with Gasteiger partial charge in [0.1, 0.15) is 30.7 Å². The van der Waals surface area contributed by atoms with Crippen LogP contribution in [0.2, 0.25) is 0 Å². The summed E-state index contributed by atoms with van der Waals surface area (Å²) >= 11 is 0. The predicted molar refractivity (Wildman–Crippen MR) is 89.0 cm³/mol. The van der Waals surface area contributed by atoms with E-state index in [9.17, 15) is 25.2 Å². The van der Waals surface area contributed by atoms with E-state index in [4.69, 9.17) is 18.9 Å². The van der Waals surface area contributed by atoms with Crippen LogP contribution in [0, 0.1) is 0 Å². The molecular formula is C17H22O9. The van der Waals surface area contributed by atoms with Crippen LogP contribution in [0.15, 0.2) is 18.2 Å². The number of aliphatic hydroxyl groups is 4. The molecular weight excluding hydrogens is 348 g/mol. The number of allylic oxidation sites excluding steroid dienone is 1. The molecule has 9 nitrogen and oxygen atoms in total. The second-order valence-corrected chi connectivity index (χ2v) is 5.56. The first kappa shape index (κ1) is 20.1. The van der Waals surface area contributed by atoms with Crippen molar-refractivity contribution < 1.29 is 44.2 Å². The normalized spacial score (nSPS) is 28.8. The third kappa shape index (κ3) is 4.14. The monoisotopic (exact) mass is 370 g/mol. The van der Waals surface area contributed by atoms with Crippen LogP contribution in [-0.4, -0.2) is 78.2 Å². The minimum Gasteiger partial charge on any atom is -0.493 e. The molecule has 1 heterocycles. The predicted octanol–water partition coefficient (Wildman–Crippen LogP) is -0.905. The summed E-state index contributed by atoms with van der Waals surface area (Å²) in [5.74, 6) is 0.543. The number of aliphatic hydroxyl groups excluding tert-OH is 4. The van der Waals surface area contributed by atoms with Crippen LogP contribution >= 0.6 is 0 Å². The van der Waals surface area contributed by atoms with Gasteiger partial charge in [0.15, 0.2) is 11.5 Å². The highest BCUT2D eigenvalue weighted by molar-refractivity contribution is 5.75. The van der Waals surface area contributed by atoms with Crippen LogP contribution in [0.4, 0.5) is 0 Å². The van der Waals surface area contributed by atoms with Crippen molar-refractivity contribution in [2.24, 2.45) is 0 Å². The highest BCUT2D eigenvalue weighted by Crippen LogP contribution is 2.40. The zero-order chi connectivity index (χ0) is 19.3. The summed E-state index contributed by atoms with van der Waals surface area (Å²) in [6.07, 6.45) is -3.67. The zero-order valence-electron chi connectivity index (χ0n) is 14.3. The summed E-state index contributed by atoms with van der Waals surface area (Å²) < 4.78 is 21.5. The number of benzene rings is 1. The van der Waals surface area contributed by atoms with Crippen LogP contribution in [-0.2, 0) is 9.53 Å². The van der Waals surface area contributed by atoms with E-state index >= 15 is 0 Å². The molecule has 1 saturated heterocycles. The van der Waals surface area contributed by atoms with Gasteiger partial charge in [0.25, 0.3) is 0 Å². The van der Waals surface area contributed by atoms with Crippen LogP contribution < -0.4 is 14.2 Å². The Morgan fingerprint density at radius 1 is 1.08 bits per heavy atom. The van der Waals surface area contributed by atoms with Gasteiger partial charge in [-0.05, 0) is 23.8 Å². The third-order valence-corrected chi connectivity index (χ3v) is 3.93. The Hall–Kier alpha value is -2.17. The Bertz CT molecular complexity index is 618. The standard InChI is InChI=1S/C17H22O9/c1-23-10-6-9(4-3-5-18)7-11(24-2)16(10)26-17-15(22)14(21)13(20)12(8-19)25-17/h3-7,12-15,17,19-22H,8H2,1-2H3/t12-,13-,14+,15-,17?/m0/s1. The van der Waals surface area contributed by atoms with Crippen LogP contribution in [0.3, 0.4) is 0 Å². The smallest absolute Gasteiger partial charge is 0.229 e. The van der Waals surface area contributed by atoms with Crippen molar-refractivity contribution >= 4 is 12.4 Å². The summed E-state index contributed by atoms with van der Waals surface area (Å²) in [4.78, 5) is 10.5. The first-order valence-corrected chi connectivity index (χ1v) is 7.81. The van der Waals surface area contributed by atoms with E-state index in [2.05, 4.69) is 0 Å². The van der Waals surface area contributed by atoms with E-state index in [-0.39, 0.29) is 17.2 Å². The highest BCUT2D eigenvalue weighted by atomic mass is 16.7. The quantitative estimate of drug-likeness (QED) is 0.355. The lowest BCUT2D eigenvalue weighted by atomic mass is 9.99. The third-order valence-electron chi connectivity index (χ3n) is 3.93. The highest BCUT2D eigenvalue weighted by Gasteiger charge is 2.45. The van der Waals surface area contributed by atoms with Gasteiger partial charge >= 0.3 is 0 Å². The second-order valence-electron chi connectivity index (χ2n) is 5.56. The van der Waals surface area contributed by atoms with Crippen LogP contribution in [0.25, 0.3) is 6.08 Å². The molecule has 0 bridgehead atoms. The van der Waals surface area contributed by atoms with E-state index in [0.717, 1.165) is 0 Å². The molecule has 0 amide bonds. The fourth-order valence-electron chi connectivity index (χ4n) is 2.54. The summed E-state index contributed by atoms with van der Waals surface area (Å²) in [5.41, 5.74) is 0.604. The average molecular weight is 370 g/mol.